The lowest BCUT2D eigenvalue weighted by Gasteiger charge is -2.36. The SMILES string of the molecule is COc1cccc(NC(=S)N=Nc2c(O)n(CN3CCN(c4cccc(C(F)(F)F)c4)CC3)c3ccccc23)c1. The highest BCUT2D eigenvalue weighted by atomic mass is 32.1. The largest absolute Gasteiger partial charge is 0.497 e. The summed E-state index contributed by atoms with van der Waals surface area (Å²) in [6.07, 6.45) is -4.38. The van der Waals surface area contributed by atoms with Crippen LogP contribution in [0.15, 0.2) is 83.0 Å². The van der Waals surface area contributed by atoms with Crippen LogP contribution >= 0.6 is 12.2 Å². The molecule has 1 saturated heterocycles. The van der Waals surface area contributed by atoms with E-state index in [2.05, 4.69) is 20.4 Å². The van der Waals surface area contributed by atoms with E-state index in [0.29, 0.717) is 55.7 Å². The molecule has 0 saturated carbocycles. The van der Waals surface area contributed by atoms with Gasteiger partial charge in [-0.15, -0.1) is 10.2 Å². The molecule has 40 heavy (non-hydrogen) atoms. The summed E-state index contributed by atoms with van der Waals surface area (Å²) in [4.78, 5) is 4.07. The number of alkyl halides is 3. The van der Waals surface area contributed by atoms with Crippen molar-refractivity contribution in [3.8, 4) is 11.6 Å². The first-order valence-corrected chi connectivity index (χ1v) is 13.0. The smallest absolute Gasteiger partial charge is 0.416 e. The van der Waals surface area contributed by atoms with Crippen molar-refractivity contribution in [1.82, 2.24) is 9.47 Å². The maximum Gasteiger partial charge on any atom is 0.416 e. The van der Waals surface area contributed by atoms with Crippen molar-refractivity contribution in [2.75, 3.05) is 43.5 Å². The van der Waals surface area contributed by atoms with Gasteiger partial charge in [-0.2, -0.15) is 13.2 Å². The van der Waals surface area contributed by atoms with Crippen molar-refractivity contribution >= 4 is 45.3 Å². The van der Waals surface area contributed by atoms with Crippen LogP contribution in [-0.4, -0.2) is 53.0 Å². The molecule has 0 amide bonds. The molecule has 1 aromatic heterocycles. The van der Waals surface area contributed by atoms with E-state index in [1.54, 1.807) is 23.8 Å². The van der Waals surface area contributed by atoms with Crippen molar-refractivity contribution in [1.29, 1.82) is 0 Å². The summed E-state index contributed by atoms with van der Waals surface area (Å²) in [6.45, 7) is 2.70. The van der Waals surface area contributed by atoms with Gasteiger partial charge in [-0.1, -0.05) is 30.3 Å². The molecule has 0 unspecified atom stereocenters. The van der Waals surface area contributed by atoms with Gasteiger partial charge >= 0.3 is 6.18 Å². The summed E-state index contributed by atoms with van der Waals surface area (Å²) < 4.78 is 46.4. The van der Waals surface area contributed by atoms with Crippen molar-refractivity contribution in [3.63, 3.8) is 0 Å². The van der Waals surface area contributed by atoms with Gasteiger partial charge in [-0.05, 0) is 48.6 Å². The van der Waals surface area contributed by atoms with Crippen molar-refractivity contribution in [2.24, 2.45) is 10.2 Å². The zero-order valence-corrected chi connectivity index (χ0v) is 22.4. The van der Waals surface area contributed by atoms with Gasteiger partial charge in [0.25, 0.3) is 0 Å². The molecule has 1 fully saturated rings. The van der Waals surface area contributed by atoms with Gasteiger partial charge in [0.05, 0.1) is 24.9 Å². The zero-order chi connectivity index (χ0) is 28.3. The summed E-state index contributed by atoms with van der Waals surface area (Å²) in [6, 6.07) is 20.1. The normalized spacial score (nSPS) is 14.7. The van der Waals surface area contributed by atoms with Gasteiger partial charge < -0.3 is 20.1 Å². The third-order valence-corrected chi connectivity index (χ3v) is 6.92. The Bertz CT molecular complexity index is 1550. The molecule has 0 bridgehead atoms. The molecule has 3 aromatic carbocycles. The van der Waals surface area contributed by atoms with Crippen LogP contribution in [0.2, 0.25) is 0 Å². The van der Waals surface area contributed by atoms with Gasteiger partial charge in [-0.3, -0.25) is 9.47 Å². The van der Waals surface area contributed by atoms with Crippen LogP contribution in [0.4, 0.5) is 30.2 Å². The Hall–Kier alpha value is -4.16. The predicted molar refractivity (Wildman–Crippen MR) is 153 cm³/mol. The first kappa shape index (κ1) is 27.4. The number of azo groups is 1. The molecule has 5 rings (SSSR count). The number of rotatable bonds is 6. The van der Waals surface area contributed by atoms with E-state index < -0.39 is 11.7 Å². The summed E-state index contributed by atoms with van der Waals surface area (Å²) in [5.74, 6) is 0.621. The van der Waals surface area contributed by atoms with E-state index in [4.69, 9.17) is 17.0 Å². The van der Waals surface area contributed by atoms with E-state index in [9.17, 15) is 18.3 Å². The number of aromatic nitrogens is 1. The lowest BCUT2D eigenvalue weighted by Crippen LogP contribution is -2.46. The van der Waals surface area contributed by atoms with Crippen molar-refractivity contribution in [2.45, 2.75) is 12.8 Å². The Morgan fingerprint density at radius 1 is 1.00 bits per heavy atom. The number of nitrogens with zero attached hydrogens (tertiary/aromatic N) is 5. The zero-order valence-electron chi connectivity index (χ0n) is 21.6. The highest BCUT2D eigenvalue weighted by molar-refractivity contribution is 7.80. The molecule has 2 heterocycles. The molecule has 12 heteroatoms. The van der Waals surface area contributed by atoms with Crippen molar-refractivity contribution < 1.29 is 23.0 Å². The molecule has 208 valence electrons. The third-order valence-electron chi connectivity index (χ3n) is 6.73. The Kier molecular flexibility index (Phi) is 7.90. The fraction of sp³-hybridized carbons (Fsp3) is 0.250. The van der Waals surface area contributed by atoms with E-state index in [1.807, 2.05) is 47.4 Å². The van der Waals surface area contributed by atoms with Crippen molar-refractivity contribution in [3.05, 3.63) is 78.4 Å². The quantitative estimate of drug-likeness (QED) is 0.201. The number of halogens is 3. The molecular weight excluding hydrogens is 541 g/mol. The number of piperazine rings is 1. The number of aromatic hydroxyl groups is 1. The Morgan fingerprint density at radius 2 is 1.75 bits per heavy atom. The third kappa shape index (κ3) is 6.02. The number of methoxy groups -OCH3 is 1. The summed E-state index contributed by atoms with van der Waals surface area (Å²) in [5.41, 5.74) is 1.66. The second-order valence-electron chi connectivity index (χ2n) is 9.27. The number of fused-ring (bicyclic) bond motifs is 1. The second kappa shape index (κ2) is 11.5. The molecule has 2 N–H and O–H groups in total. The van der Waals surface area contributed by atoms with Gasteiger partial charge in [0.15, 0.2) is 5.69 Å². The van der Waals surface area contributed by atoms with Crippen LogP contribution in [0.5, 0.6) is 11.6 Å². The Labute approximate surface area is 234 Å². The molecule has 8 nitrogen and oxygen atoms in total. The minimum Gasteiger partial charge on any atom is -0.497 e. The fourth-order valence-electron chi connectivity index (χ4n) is 4.68. The van der Waals surface area contributed by atoms with Crippen LogP contribution in [0.1, 0.15) is 5.56 Å². The highest BCUT2D eigenvalue weighted by Gasteiger charge is 2.31. The molecule has 0 spiro atoms. The van der Waals surface area contributed by atoms with E-state index in [1.165, 1.54) is 12.1 Å². The van der Waals surface area contributed by atoms with Gasteiger partial charge in [0.1, 0.15) is 5.75 Å². The number of hydrogen-bond acceptors (Lipinski definition) is 6. The molecule has 4 aromatic rings. The Balaban J connectivity index is 1.29. The molecule has 1 aliphatic rings. The number of nitrogens with one attached hydrogen (secondary N) is 1. The lowest BCUT2D eigenvalue weighted by atomic mass is 10.1. The molecule has 0 atom stereocenters. The van der Waals surface area contributed by atoms with Gasteiger partial charge in [-0.25, -0.2) is 0 Å². The summed E-state index contributed by atoms with van der Waals surface area (Å²) in [7, 11) is 1.58. The van der Waals surface area contributed by atoms with E-state index >= 15 is 0 Å². The number of ether oxygens (including phenoxy) is 1. The predicted octanol–water partition coefficient (Wildman–Crippen LogP) is 6.63. The number of benzene rings is 3. The summed E-state index contributed by atoms with van der Waals surface area (Å²) in [5, 5.41) is 23.3. The number of thiocarbonyl (C=S) groups is 1. The first-order chi connectivity index (χ1) is 19.2. The van der Waals surface area contributed by atoms with Crippen LogP contribution in [0, 0.1) is 0 Å². The topological polar surface area (TPSA) is 77.6 Å². The maximum atomic E-state index is 13.1. The van der Waals surface area contributed by atoms with Crippen LogP contribution in [0.3, 0.4) is 0 Å². The molecule has 0 radical (unpaired) electrons. The van der Waals surface area contributed by atoms with Crippen LogP contribution < -0.4 is 15.0 Å². The van der Waals surface area contributed by atoms with Gasteiger partial charge in [0.2, 0.25) is 11.0 Å². The van der Waals surface area contributed by atoms with Crippen LogP contribution in [-0.2, 0) is 12.8 Å². The second-order valence-corrected chi connectivity index (χ2v) is 9.66. The molecule has 1 aliphatic heterocycles. The first-order valence-electron chi connectivity index (χ1n) is 12.5. The monoisotopic (exact) mass is 568 g/mol. The summed E-state index contributed by atoms with van der Waals surface area (Å²) >= 11 is 5.32. The number of para-hydroxylation sites is 1. The standard InChI is InChI=1S/C28H27F3N6O2S/c1-39-22-9-5-7-20(17-22)32-27(40)34-33-25-23-10-2-3-11-24(23)37(26(25)38)18-35-12-14-36(15-13-35)21-8-4-6-19(16-21)28(29,30)31/h2-11,16-17,38H,12-15,18H2,1H3,(H,32,40). The lowest BCUT2D eigenvalue weighted by molar-refractivity contribution is -0.137. The minimum atomic E-state index is -4.38. The molecular formula is C28H27F3N6O2S. The van der Waals surface area contributed by atoms with Crippen LogP contribution in [0.25, 0.3) is 10.9 Å². The van der Waals surface area contributed by atoms with E-state index in [0.717, 1.165) is 17.0 Å². The number of anilines is 2. The van der Waals surface area contributed by atoms with Gasteiger partial charge in [0, 0.05) is 49.0 Å². The van der Waals surface area contributed by atoms with E-state index in [-0.39, 0.29) is 11.0 Å². The average Bonchev–Trinajstić information content (AvgIpc) is 3.22. The average molecular weight is 569 g/mol. The highest BCUT2D eigenvalue weighted by Crippen LogP contribution is 2.39. The molecule has 0 aliphatic carbocycles. The minimum absolute atomic E-state index is 0.0468. The fourth-order valence-corrected chi connectivity index (χ4v) is 4.84. The maximum absolute atomic E-state index is 13.1. The Morgan fingerprint density at radius 3 is 2.50 bits per heavy atom. The number of hydrogen-bond donors (Lipinski definition) is 2.